The van der Waals surface area contributed by atoms with Crippen LogP contribution in [-0.4, -0.2) is 38.0 Å². The van der Waals surface area contributed by atoms with Crippen LogP contribution in [0.1, 0.15) is 19.4 Å². The summed E-state index contributed by atoms with van der Waals surface area (Å²) < 4.78 is 45.4. The van der Waals surface area contributed by atoms with Gasteiger partial charge in [-0.1, -0.05) is 0 Å². The molecule has 20 heavy (non-hydrogen) atoms. The highest BCUT2D eigenvalue weighted by Gasteiger charge is 2.32. The number of sulfonamides is 1. The highest BCUT2D eigenvalue weighted by molar-refractivity contribution is 7.89. The van der Waals surface area contributed by atoms with Gasteiger partial charge in [0.2, 0.25) is 10.0 Å². The molecule has 1 aromatic rings. The predicted octanol–water partition coefficient (Wildman–Crippen LogP) is 2.36. The van der Waals surface area contributed by atoms with Gasteiger partial charge in [-0.2, -0.15) is 4.31 Å². The molecule has 0 spiro atoms. The summed E-state index contributed by atoms with van der Waals surface area (Å²) in [4.78, 5) is 0.0656. The Balaban J connectivity index is 2.34. The van der Waals surface area contributed by atoms with E-state index in [2.05, 4.69) is 0 Å². The monoisotopic (exact) mass is 321 g/mol. The Kier molecular flexibility index (Phi) is 4.69. The molecule has 112 valence electrons. The molecule has 1 aliphatic heterocycles. The molecule has 4 nitrogen and oxygen atoms in total. The second-order valence-electron chi connectivity index (χ2n) is 4.97. The van der Waals surface area contributed by atoms with E-state index in [1.807, 2.05) is 13.8 Å². The van der Waals surface area contributed by atoms with Crippen molar-refractivity contribution in [3.63, 3.8) is 0 Å². The van der Waals surface area contributed by atoms with Crippen LogP contribution >= 0.6 is 11.6 Å². The number of hydrogen-bond donors (Lipinski definition) is 0. The van der Waals surface area contributed by atoms with Crippen molar-refractivity contribution >= 4 is 21.6 Å². The van der Waals surface area contributed by atoms with E-state index in [4.69, 9.17) is 16.3 Å². The summed E-state index contributed by atoms with van der Waals surface area (Å²) in [6, 6.07) is 3.70. The topological polar surface area (TPSA) is 46.6 Å². The molecule has 1 fully saturated rings. The first-order valence-electron chi connectivity index (χ1n) is 6.34. The quantitative estimate of drug-likeness (QED) is 0.803. The molecule has 0 bridgehead atoms. The number of ether oxygens (including phenoxy) is 1. The molecule has 1 aliphatic rings. The van der Waals surface area contributed by atoms with Gasteiger partial charge in [0.05, 0.1) is 23.0 Å². The van der Waals surface area contributed by atoms with Crippen LogP contribution in [0.5, 0.6) is 0 Å². The van der Waals surface area contributed by atoms with E-state index >= 15 is 0 Å². The summed E-state index contributed by atoms with van der Waals surface area (Å²) in [6.07, 6.45) is -0.331. The minimum atomic E-state index is -3.65. The standard InChI is InChI=1S/C13H17ClFNO3S/c1-9-7-16(8-10(2)19-9)20(17,18)12-3-4-13(15)11(5-12)6-14/h3-5,9-10H,6-8H2,1-2H3. The smallest absolute Gasteiger partial charge is 0.243 e. The number of hydrogen-bond acceptors (Lipinski definition) is 3. The second kappa shape index (κ2) is 5.97. The molecule has 1 heterocycles. The van der Waals surface area contributed by atoms with Gasteiger partial charge in [0.15, 0.2) is 0 Å². The summed E-state index contributed by atoms with van der Waals surface area (Å²) in [5.74, 6) is -0.562. The van der Waals surface area contributed by atoms with E-state index in [0.717, 1.165) is 6.07 Å². The molecule has 1 aromatic carbocycles. The predicted molar refractivity (Wildman–Crippen MR) is 74.7 cm³/mol. The molecule has 2 unspecified atom stereocenters. The van der Waals surface area contributed by atoms with Gasteiger partial charge >= 0.3 is 0 Å². The summed E-state index contributed by atoms with van der Waals surface area (Å²) in [7, 11) is -3.65. The van der Waals surface area contributed by atoms with Gasteiger partial charge < -0.3 is 4.74 Å². The van der Waals surface area contributed by atoms with Crippen LogP contribution < -0.4 is 0 Å². The number of alkyl halides is 1. The average Bonchev–Trinajstić information content (AvgIpc) is 2.37. The molecule has 0 N–H and O–H groups in total. The van der Waals surface area contributed by atoms with Crippen LogP contribution in [0.15, 0.2) is 23.1 Å². The molecule has 7 heteroatoms. The van der Waals surface area contributed by atoms with E-state index in [9.17, 15) is 12.8 Å². The van der Waals surface area contributed by atoms with Gasteiger partial charge in [0, 0.05) is 18.7 Å². The van der Waals surface area contributed by atoms with Crippen LogP contribution in [0, 0.1) is 5.82 Å². The fourth-order valence-corrected chi connectivity index (χ4v) is 4.14. The third-order valence-electron chi connectivity index (χ3n) is 3.19. The largest absolute Gasteiger partial charge is 0.373 e. The fourth-order valence-electron chi connectivity index (χ4n) is 2.29. The molecule has 0 saturated carbocycles. The number of benzene rings is 1. The van der Waals surface area contributed by atoms with Crippen molar-refractivity contribution in [1.82, 2.24) is 4.31 Å². The van der Waals surface area contributed by atoms with Crippen LogP contribution in [0.2, 0.25) is 0 Å². The highest BCUT2D eigenvalue weighted by atomic mass is 35.5. The van der Waals surface area contributed by atoms with Crippen molar-refractivity contribution in [1.29, 1.82) is 0 Å². The first-order chi connectivity index (χ1) is 9.34. The van der Waals surface area contributed by atoms with Crippen LogP contribution in [-0.2, 0) is 20.6 Å². The minimum Gasteiger partial charge on any atom is -0.373 e. The Bertz CT molecular complexity index is 583. The van der Waals surface area contributed by atoms with Gasteiger partial charge in [0.25, 0.3) is 0 Å². The fraction of sp³-hybridized carbons (Fsp3) is 0.538. The zero-order valence-electron chi connectivity index (χ0n) is 11.3. The normalized spacial score (nSPS) is 24.8. The van der Waals surface area contributed by atoms with E-state index in [1.165, 1.54) is 16.4 Å². The van der Waals surface area contributed by atoms with E-state index in [1.54, 1.807) is 0 Å². The van der Waals surface area contributed by atoms with Crippen LogP contribution in [0.25, 0.3) is 0 Å². The van der Waals surface area contributed by atoms with Crippen molar-refractivity contribution in [3.8, 4) is 0 Å². The maximum absolute atomic E-state index is 13.4. The van der Waals surface area contributed by atoms with Crippen molar-refractivity contribution in [2.45, 2.75) is 36.8 Å². The summed E-state index contributed by atoms with van der Waals surface area (Å²) in [6.45, 7) is 4.24. The van der Waals surface area contributed by atoms with E-state index in [-0.39, 0.29) is 28.5 Å². The van der Waals surface area contributed by atoms with Gasteiger partial charge in [-0.15, -0.1) is 11.6 Å². The van der Waals surface area contributed by atoms with Crippen molar-refractivity contribution in [2.24, 2.45) is 0 Å². The number of rotatable bonds is 3. The lowest BCUT2D eigenvalue weighted by molar-refractivity contribution is -0.0440. The zero-order valence-corrected chi connectivity index (χ0v) is 12.9. The summed E-state index contributed by atoms with van der Waals surface area (Å²) >= 11 is 5.62. The van der Waals surface area contributed by atoms with Crippen molar-refractivity contribution in [2.75, 3.05) is 13.1 Å². The first-order valence-corrected chi connectivity index (χ1v) is 8.32. The molecule has 0 radical (unpaired) electrons. The molecular weight excluding hydrogens is 305 g/mol. The number of nitrogens with zero attached hydrogens (tertiary/aromatic N) is 1. The van der Waals surface area contributed by atoms with Crippen LogP contribution in [0.3, 0.4) is 0 Å². The number of halogens is 2. The van der Waals surface area contributed by atoms with Crippen LogP contribution in [0.4, 0.5) is 4.39 Å². The number of morpholine rings is 1. The van der Waals surface area contributed by atoms with Crippen molar-refractivity contribution in [3.05, 3.63) is 29.6 Å². The molecule has 2 atom stereocenters. The second-order valence-corrected chi connectivity index (χ2v) is 7.17. The average molecular weight is 322 g/mol. The Morgan fingerprint density at radius 2 is 1.95 bits per heavy atom. The third kappa shape index (κ3) is 3.14. The maximum atomic E-state index is 13.4. The van der Waals surface area contributed by atoms with E-state index in [0.29, 0.717) is 13.1 Å². The highest BCUT2D eigenvalue weighted by Crippen LogP contribution is 2.23. The lowest BCUT2D eigenvalue weighted by Crippen LogP contribution is -2.48. The van der Waals surface area contributed by atoms with Gasteiger partial charge in [0.1, 0.15) is 5.82 Å². The lowest BCUT2D eigenvalue weighted by Gasteiger charge is -2.34. The van der Waals surface area contributed by atoms with Gasteiger partial charge in [-0.05, 0) is 32.0 Å². The van der Waals surface area contributed by atoms with Gasteiger partial charge in [-0.25, -0.2) is 12.8 Å². The Labute approximate surface area is 123 Å². The summed E-state index contributed by atoms with van der Waals surface area (Å²) in [5, 5.41) is 0. The molecular formula is C13H17ClFNO3S. The summed E-state index contributed by atoms with van der Waals surface area (Å²) in [5.41, 5.74) is 0.182. The molecule has 1 saturated heterocycles. The SMILES string of the molecule is CC1CN(S(=O)(=O)c2ccc(F)c(CCl)c2)CC(C)O1. The lowest BCUT2D eigenvalue weighted by atomic mass is 10.2. The first kappa shape index (κ1) is 15.7. The minimum absolute atomic E-state index is 0.0644. The van der Waals surface area contributed by atoms with E-state index < -0.39 is 15.8 Å². The molecule has 0 aromatic heterocycles. The third-order valence-corrected chi connectivity index (χ3v) is 5.30. The molecule has 0 aliphatic carbocycles. The molecule has 0 amide bonds. The zero-order chi connectivity index (χ0) is 14.9. The van der Waals surface area contributed by atoms with Gasteiger partial charge in [-0.3, -0.25) is 0 Å². The maximum Gasteiger partial charge on any atom is 0.243 e. The molecule has 2 rings (SSSR count). The Morgan fingerprint density at radius 1 is 1.35 bits per heavy atom. The Hall–Kier alpha value is -0.690. The van der Waals surface area contributed by atoms with Crippen molar-refractivity contribution < 1.29 is 17.5 Å². The Morgan fingerprint density at radius 3 is 2.50 bits per heavy atom.